The highest BCUT2D eigenvalue weighted by Gasteiger charge is 2.13. The summed E-state index contributed by atoms with van der Waals surface area (Å²) in [4.78, 5) is 23.4. The second kappa shape index (κ2) is 5.14. The molecule has 1 amide bonds. The molecular weight excluding hydrogens is 194 g/mol. The minimum absolute atomic E-state index is 0.430. The number of benzene rings is 1. The number of amides is 1. The predicted molar refractivity (Wildman–Crippen MR) is 57.3 cm³/mol. The lowest BCUT2D eigenvalue weighted by Gasteiger charge is -2.19. The molecular formula is C11H13NO3. The van der Waals surface area contributed by atoms with E-state index in [2.05, 4.69) is 4.74 Å². The third-order valence-corrected chi connectivity index (χ3v) is 2.03. The highest BCUT2D eigenvalue weighted by Crippen LogP contribution is 2.15. The van der Waals surface area contributed by atoms with E-state index in [4.69, 9.17) is 0 Å². The van der Waals surface area contributed by atoms with E-state index in [0.29, 0.717) is 17.8 Å². The summed E-state index contributed by atoms with van der Waals surface area (Å²) in [6, 6.07) is 6.81. The van der Waals surface area contributed by atoms with Crippen molar-refractivity contribution in [3.05, 3.63) is 29.8 Å². The van der Waals surface area contributed by atoms with E-state index >= 15 is 0 Å². The van der Waals surface area contributed by atoms with Crippen LogP contribution in [0.4, 0.5) is 10.5 Å². The Balaban J connectivity index is 3.01. The maximum absolute atomic E-state index is 11.4. The lowest BCUT2D eigenvalue weighted by molar-refractivity contribution is 0.112. The molecule has 1 aromatic rings. The first-order chi connectivity index (χ1) is 7.22. The van der Waals surface area contributed by atoms with E-state index < -0.39 is 6.09 Å². The molecule has 1 rings (SSSR count). The highest BCUT2D eigenvalue weighted by atomic mass is 16.5. The van der Waals surface area contributed by atoms with Gasteiger partial charge in [0.2, 0.25) is 0 Å². The minimum atomic E-state index is -0.430. The van der Waals surface area contributed by atoms with Crippen molar-refractivity contribution in [2.45, 2.75) is 6.92 Å². The number of carbonyl (C=O) groups excluding carboxylic acids is 2. The third kappa shape index (κ3) is 2.56. The van der Waals surface area contributed by atoms with Crippen molar-refractivity contribution in [1.29, 1.82) is 0 Å². The smallest absolute Gasteiger partial charge is 0.413 e. The molecule has 1 aromatic carbocycles. The summed E-state index contributed by atoms with van der Waals surface area (Å²) in [6.45, 7) is 2.33. The topological polar surface area (TPSA) is 46.6 Å². The van der Waals surface area contributed by atoms with Crippen molar-refractivity contribution in [2.24, 2.45) is 0 Å². The van der Waals surface area contributed by atoms with E-state index in [0.717, 1.165) is 6.29 Å². The van der Waals surface area contributed by atoms with Crippen LogP contribution in [0, 0.1) is 0 Å². The maximum Gasteiger partial charge on any atom is 0.413 e. The molecule has 0 bridgehead atoms. The van der Waals surface area contributed by atoms with Crippen molar-refractivity contribution < 1.29 is 14.3 Å². The standard InChI is InChI=1S/C11H13NO3/c1-3-12(11(14)15-2)10-6-4-5-9(7-10)8-13/h4-8H,3H2,1-2H3. The van der Waals surface area contributed by atoms with Gasteiger partial charge in [0.25, 0.3) is 0 Å². The lowest BCUT2D eigenvalue weighted by atomic mass is 10.2. The zero-order valence-corrected chi connectivity index (χ0v) is 8.77. The van der Waals surface area contributed by atoms with E-state index in [9.17, 15) is 9.59 Å². The van der Waals surface area contributed by atoms with Gasteiger partial charge < -0.3 is 4.74 Å². The SMILES string of the molecule is CCN(C(=O)OC)c1cccc(C=O)c1. The van der Waals surface area contributed by atoms with Crippen molar-refractivity contribution in [3.63, 3.8) is 0 Å². The quantitative estimate of drug-likeness (QED) is 0.713. The molecule has 0 aliphatic heterocycles. The van der Waals surface area contributed by atoms with Gasteiger partial charge in [-0.1, -0.05) is 12.1 Å². The molecule has 4 heteroatoms. The number of nitrogens with zero attached hydrogens (tertiary/aromatic N) is 1. The van der Waals surface area contributed by atoms with Crippen molar-refractivity contribution in [1.82, 2.24) is 0 Å². The number of hydrogen-bond acceptors (Lipinski definition) is 3. The van der Waals surface area contributed by atoms with Crippen LogP contribution >= 0.6 is 0 Å². The van der Waals surface area contributed by atoms with E-state index in [1.54, 1.807) is 24.3 Å². The molecule has 80 valence electrons. The van der Waals surface area contributed by atoms with E-state index in [1.165, 1.54) is 12.0 Å². The van der Waals surface area contributed by atoms with Gasteiger partial charge in [-0.25, -0.2) is 4.79 Å². The third-order valence-electron chi connectivity index (χ3n) is 2.03. The molecule has 15 heavy (non-hydrogen) atoms. The molecule has 0 aromatic heterocycles. The number of aldehydes is 1. The molecule has 0 N–H and O–H groups in total. The normalized spacial score (nSPS) is 9.47. The molecule has 4 nitrogen and oxygen atoms in total. The Morgan fingerprint density at radius 3 is 2.80 bits per heavy atom. The Bertz CT molecular complexity index is 363. The first-order valence-electron chi connectivity index (χ1n) is 4.63. The van der Waals surface area contributed by atoms with Crippen LogP contribution in [-0.4, -0.2) is 26.0 Å². The molecule has 0 aliphatic carbocycles. The van der Waals surface area contributed by atoms with Gasteiger partial charge in [-0.3, -0.25) is 9.69 Å². The molecule has 0 radical (unpaired) electrons. The van der Waals surface area contributed by atoms with Gasteiger partial charge in [0.05, 0.1) is 7.11 Å². The summed E-state index contributed by atoms with van der Waals surface area (Å²) < 4.78 is 4.63. The molecule has 0 spiro atoms. The molecule has 0 saturated carbocycles. The second-order valence-electron chi connectivity index (χ2n) is 2.93. The molecule has 0 unspecified atom stereocenters. The first kappa shape index (κ1) is 11.2. The van der Waals surface area contributed by atoms with Gasteiger partial charge in [-0.05, 0) is 19.1 Å². The largest absolute Gasteiger partial charge is 0.452 e. The van der Waals surface area contributed by atoms with Crippen molar-refractivity contribution in [2.75, 3.05) is 18.6 Å². The van der Waals surface area contributed by atoms with Crippen LogP contribution in [0.3, 0.4) is 0 Å². The van der Waals surface area contributed by atoms with E-state index in [1.807, 2.05) is 6.92 Å². The minimum Gasteiger partial charge on any atom is -0.452 e. The average Bonchev–Trinajstić information content (AvgIpc) is 2.30. The average molecular weight is 207 g/mol. The molecule has 0 fully saturated rings. The summed E-state index contributed by atoms with van der Waals surface area (Å²) >= 11 is 0. The molecule has 0 saturated heterocycles. The van der Waals surface area contributed by atoms with Gasteiger partial charge in [0, 0.05) is 17.8 Å². The van der Waals surface area contributed by atoms with Crippen LogP contribution in [0.1, 0.15) is 17.3 Å². The van der Waals surface area contributed by atoms with Crippen molar-refractivity contribution >= 4 is 18.1 Å². The van der Waals surface area contributed by atoms with Gasteiger partial charge in [-0.2, -0.15) is 0 Å². The fraction of sp³-hybridized carbons (Fsp3) is 0.273. The Morgan fingerprint density at radius 2 is 2.27 bits per heavy atom. The second-order valence-corrected chi connectivity index (χ2v) is 2.93. The summed E-state index contributed by atoms with van der Waals surface area (Å²) in [5.74, 6) is 0. The Hall–Kier alpha value is -1.84. The number of carbonyl (C=O) groups is 2. The highest BCUT2D eigenvalue weighted by molar-refractivity contribution is 5.89. The molecule has 0 heterocycles. The summed E-state index contributed by atoms with van der Waals surface area (Å²) in [5, 5.41) is 0. The zero-order valence-electron chi connectivity index (χ0n) is 8.77. The lowest BCUT2D eigenvalue weighted by Crippen LogP contribution is -2.30. The monoisotopic (exact) mass is 207 g/mol. The number of hydrogen-bond donors (Lipinski definition) is 0. The van der Waals surface area contributed by atoms with Crippen LogP contribution in [0.15, 0.2) is 24.3 Å². The summed E-state index contributed by atoms with van der Waals surface area (Å²) in [5.41, 5.74) is 1.20. The van der Waals surface area contributed by atoms with Crippen LogP contribution in [-0.2, 0) is 4.74 Å². The van der Waals surface area contributed by atoms with Gasteiger partial charge >= 0.3 is 6.09 Å². The summed E-state index contributed by atoms with van der Waals surface area (Å²) in [7, 11) is 1.33. The Kier molecular flexibility index (Phi) is 3.85. The van der Waals surface area contributed by atoms with Crippen LogP contribution in [0.2, 0.25) is 0 Å². The van der Waals surface area contributed by atoms with Crippen LogP contribution in [0.25, 0.3) is 0 Å². The van der Waals surface area contributed by atoms with Gasteiger partial charge in [0.1, 0.15) is 6.29 Å². The van der Waals surface area contributed by atoms with Crippen LogP contribution in [0.5, 0.6) is 0 Å². The number of methoxy groups -OCH3 is 1. The first-order valence-corrected chi connectivity index (χ1v) is 4.63. The van der Waals surface area contributed by atoms with Gasteiger partial charge in [-0.15, -0.1) is 0 Å². The number of ether oxygens (including phenoxy) is 1. The fourth-order valence-electron chi connectivity index (χ4n) is 1.29. The fourth-order valence-corrected chi connectivity index (χ4v) is 1.29. The number of anilines is 1. The molecule has 0 atom stereocenters. The number of rotatable bonds is 3. The zero-order chi connectivity index (χ0) is 11.3. The summed E-state index contributed by atoms with van der Waals surface area (Å²) in [6.07, 6.45) is 0.315. The maximum atomic E-state index is 11.4. The molecule has 0 aliphatic rings. The van der Waals surface area contributed by atoms with Crippen molar-refractivity contribution in [3.8, 4) is 0 Å². The van der Waals surface area contributed by atoms with Crippen LogP contribution < -0.4 is 4.90 Å². The Morgan fingerprint density at radius 1 is 1.53 bits per heavy atom. The van der Waals surface area contributed by atoms with E-state index in [-0.39, 0.29) is 0 Å². The Labute approximate surface area is 88.5 Å². The predicted octanol–water partition coefficient (Wildman–Crippen LogP) is 2.09. The van der Waals surface area contributed by atoms with Gasteiger partial charge in [0.15, 0.2) is 0 Å².